The lowest BCUT2D eigenvalue weighted by molar-refractivity contribution is 0.0951. The first-order chi connectivity index (χ1) is 6.38. The molecule has 0 bridgehead atoms. The zero-order valence-electron chi connectivity index (χ0n) is 8.93. The number of amides is 1. The number of carbonyl (C=O) groups excluding carboxylic acids is 1. The summed E-state index contributed by atoms with van der Waals surface area (Å²) in [6, 6.07) is 0. The van der Waals surface area contributed by atoms with Crippen LogP contribution in [0.5, 0.6) is 0 Å². The van der Waals surface area contributed by atoms with Gasteiger partial charge in [-0.1, -0.05) is 20.8 Å². The van der Waals surface area contributed by atoms with E-state index in [1.54, 1.807) is 6.92 Å². The number of nitrogens with one attached hydrogen (secondary N) is 2. The van der Waals surface area contributed by atoms with Gasteiger partial charge in [-0.2, -0.15) is 5.10 Å². The van der Waals surface area contributed by atoms with E-state index in [0.29, 0.717) is 5.56 Å². The molecule has 5 heteroatoms. The van der Waals surface area contributed by atoms with Crippen molar-refractivity contribution in [2.75, 3.05) is 0 Å². The van der Waals surface area contributed by atoms with Gasteiger partial charge in [-0.25, -0.2) is 5.84 Å². The molecule has 0 aliphatic rings. The van der Waals surface area contributed by atoms with Crippen molar-refractivity contribution >= 4 is 5.91 Å². The third-order valence-corrected chi connectivity index (χ3v) is 2.02. The van der Waals surface area contributed by atoms with E-state index in [-0.39, 0.29) is 11.3 Å². The monoisotopic (exact) mass is 196 g/mol. The van der Waals surface area contributed by atoms with Crippen molar-refractivity contribution < 1.29 is 4.79 Å². The Bertz CT molecular complexity index is 348. The SMILES string of the molecule is Cc1[nH]nc(C(C)(C)C)c1C(=O)NN. The average Bonchev–Trinajstić information content (AvgIpc) is 2.45. The normalized spacial score (nSPS) is 11.5. The van der Waals surface area contributed by atoms with E-state index in [4.69, 9.17) is 5.84 Å². The van der Waals surface area contributed by atoms with Gasteiger partial charge in [-0.15, -0.1) is 0 Å². The molecule has 0 saturated heterocycles. The lowest BCUT2D eigenvalue weighted by Gasteiger charge is -2.16. The van der Waals surface area contributed by atoms with Crippen molar-refractivity contribution in [3.8, 4) is 0 Å². The Morgan fingerprint density at radius 2 is 2.07 bits per heavy atom. The molecule has 4 N–H and O–H groups in total. The molecular formula is C9H16N4O. The summed E-state index contributed by atoms with van der Waals surface area (Å²) in [5.74, 6) is 4.80. The fourth-order valence-electron chi connectivity index (χ4n) is 1.32. The molecule has 1 rings (SSSR count). The fraction of sp³-hybridized carbons (Fsp3) is 0.556. The van der Waals surface area contributed by atoms with Crippen molar-refractivity contribution in [3.63, 3.8) is 0 Å². The third kappa shape index (κ3) is 1.77. The number of hydrogen-bond donors (Lipinski definition) is 3. The van der Waals surface area contributed by atoms with Crippen LogP contribution < -0.4 is 11.3 Å². The molecular weight excluding hydrogens is 180 g/mol. The predicted molar refractivity (Wildman–Crippen MR) is 53.7 cm³/mol. The summed E-state index contributed by atoms with van der Waals surface area (Å²) in [4.78, 5) is 11.5. The summed E-state index contributed by atoms with van der Waals surface area (Å²) in [7, 11) is 0. The molecule has 0 atom stereocenters. The number of aryl methyl sites for hydroxylation is 1. The molecule has 78 valence electrons. The molecule has 14 heavy (non-hydrogen) atoms. The molecule has 5 nitrogen and oxygen atoms in total. The van der Waals surface area contributed by atoms with Crippen LogP contribution in [0, 0.1) is 6.92 Å². The van der Waals surface area contributed by atoms with Gasteiger partial charge in [-0.05, 0) is 6.92 Å². The van der Waals surface area contributed by atoms with Crippen LogP contribution in [-0.2, 0) is 5.41 Å². The topological polar surface area (TPSA) is 83.8 Å². The number of H-pyrrole nitrogens is 1. The van der Waals surface area contributed by atoms with Crippen LogP contribution in [-0.4, -0.2) is 16.1 Å². The minimum absolute atomic E-state index is 0.174. The summed E-state index contributed by atoms with van der Waals surface area (Å²) in [6.07, 6.45) is 0. The smallest absolute Gasteiger partial charge is 0.268 e. The Balaban J connectivity index is 3.26. The largest absolute Gasteiger partial charge is 0.290 e. The highest BCUT2D eigenvalue weighted by Gasteiger charge is 2.26. The molecule has 1 aromatic rings. The zero-order valence-corrected chi connectivity index (χ0v) is 8.93. The van der Waals surface area contributed by atoms with E-state index in [9.17, 15) is 4.79 Å². The zero-order chi connectivity index (χ0) is 10.9. The van der Waals surface area contributed by atoms with Crippen molar-refractivity contribution in [1.82, 2.24) is 15.6 Å². The van der Waals surface area contributed by atoms with Crippen molar-refractivity contribution in [3.05, 3.63) is 17.0 Å². The number of nitrogens with two attached hydrogens (primary N) is 1. The minimum atomic E-state index is -0.304. The third-order valence-electron chi connectivity index (χ3n) is 2.02. The highest BCUT2D eigenvalue weighted by Crippen LogP contribution is 2.25. The van der Waals surface area contributed by atoms with Crippen LogP contribution in [0.15, 0.2) is 0 Å². The number of aromatic amines is 1. The fourth-order valence-corrected chi connectivity index (χ4v) is 1.32. The van der Waals surface area contributed by atoms with E-state index in [0.717, 1.165) is 11.4 Å². The van der Waals surface area contributed by atoms with Gasteiger partial charge in [0.15, 0.2) is 0 Å². The summed E-state index contributed by atoms with van der Waals surface area (Å²) < 4.78 is 0. The molecule has 0 aliphatic carbocycles. The molecule has 0 spiro atoms. The Hall–Kier alpha value is -1.36. The maximum Gasteiger partial charge on any atom is 0.268 e. The van der Waals surface area contributed by atoms with E-state index in [1.807, 2.05) is 20.8 Å². The molecule has 0 saturated carbocycles. The van der Waals surface area contributed by atoms with Crippen molar-refractivity contribution in [1.29, 1.82) is 0 Å². The van der Waals surface area contributed by atoms with Crippen LogP contribution in [0.2, 0.25) is 0 Å². The molecule has 0 radical (unpaired) electrons. The van der Waals surface area contributed by atoms with E-state index in [1.165, 1.54) is 0 Å². The number of nitrogens with zero attached hydrogens (tertiary/aromatic N) is 1. The maximum absolute atomic E-state index is 11.5. The van der Waals surface area contributed by atoms with Gasteiger partial charge in [0.05, 0.1) is 11.3 Å². The van der Waals surface area contributed by atoms with E-state index < -0.39 is 0 Å². The Kier molecular flexibility index (Phi) is 2.62. The van der Waals surface area contributed by atoms with Crippen molar-refractivity contribution in [2.45, 2.75) is 33.1 Å². The van der Waals surface area contributed by atoms with Crippen LogP contribution in [0.25, 0.3) is 0 Å². The number of carbonyl (C=O) groups is 1. The first-order valence-corrected chi connectivity index (χ1v) is 4.44. The number of nitrogen functional groups attached to an aromatic ring is 1. The van der Waals surface area contributed by atoms with Gasteiger partial charge in [0, 0.05) is 11.1 Å². The average molecular weight is 196 g/mol. The lowest BCUT2D eigenvalue weighted by atomic mass is 9.88. The molecule has 0 aliphatic heterocycles. The van der Waals surface area contributed by atoms with E-state index in [2.05, 4.69) is 15.6 Å². The highest BCUT2D eigenvalue weighted by molar-refractivity contribution is 5.96. The Morgan fingerprint density at radius 3 is 2.50 bits per heavy atom. The molecule has 1 heterocycles. The Labute approximate surface area is 83.0 Å². The first kappa shape index (κ1) is 10.7. The molecule has 1 amide bonds. The summed E-state index contributed by atoms with van der Waals surface area (Å²) in [5, 5.41) is 6.91. The van der Waals surface area contributed by atoms with E-state index >= 15 is 0 Å². The summed E-state index contributed by atoms with van der Waals surface area (Å²) in [5.41, 5.74) is 3.96. The number of hydrogen-bond acceptors (Lipinski definition) is 3. The molecule has 0 unspecified atom stereocenters. The predicted octanol–water partition coefficient (Wildman–Crippen LogP) is 0.619. The first-order valence-electron chi connectivity index (χ1n) is 4.44. The van der Waals surface area contributed by atoms with Crippen LogP contribution in [0.4, 0.5) is 0 Å². The molecule has 0 aromatic carbocycles. The van der Waals surface area contributed by atoms with Gasteiger partial charge in [0.1, 0.15) is 0 Å². The quantitative estimate of drug-likeness (QED) is 0.350. The number of aromatic nitrogens is 2. The highest BCUT2D eigenvalue weighted by atomic mass is 16.2. The standard InChI is InChI=1S/C9H16N4O/c1-5-6(8(14)11-10)7(13-12-5)9(2,3)4/h10H2,1-4H3,(H,11,14)(H,12,13). The van der Waals surface area contributed by atoms with Crippen molar-refractivity contribution in [2.24, 2.45) is 5.84 Å². The van der Waals surface area contributed by atoms with Crippen LogP contribution in [0.1, 0.15) is 42.5 Å². The number of rotatable bonds is 1. The number of hydrazine groups is 1. The maximum atomic E-state index is 11.5. The summed E-state index contributed by atoms with van der Waals surface area (Å²) in [6.45, 7) is 7.79. The second-order valence-electron chi connectivity index (χ2n) is 4.30. The minimum Gasteiger partial charge on any atom is -0.290 e. The van der Waals surface area contributed by atoms with Gasteiger partial charge in [0.25, 0.3) is 5.91 Å². The van der Waals surface area contributed by atoms with Gasteiger partial charge < -0.3 is 0 Å². The lowest BCUT2D eigenvalue weighted by Crippen LogP contribution is -2.32. The molecule has 1 aromatic heterocycles. The second kappa shape index (κ2) is 3.42. The van der Waals surface area contributed by atoms with Gasteiger partial charge in [-0.3, -0.25) is 15.3 Å². The summed E-state index contributed by atoms with van der Waals surface area (Å²) >= 11 is 0. The molecule has 0 fully saturated rings. The Morgan fingerprint density at radius 1 is 1.50 bits per heavy atom. The van der Waals surface area contributed by atoms with Gasteiger partial charge >= 0.3 is 0 Å². The van der Waals surface area contributed by atoms with Crippen LogP contribution >= 0.6 is 0 Å². The van der Waals surface area contributed by atoms with Gasteiger partial charge in [0.2, 0.25) is 0 Å². The van der Waals surface area contributed by atoms with Crippen LogP contribution in [0.3, 0.4) is 0 Å². The second-order valence-corrected chi connectivity index (χ2v) is 4.30.